The van der Waals surface area contributed by atoms with Crippen LogP contribution in [-0.4, -0.2) is 41.2 Å². The molecule has 4 nitrogen and oxygen atoms in total. The molecule has 0 saturated carbocycles. The van der Waals surface area contributed by atoms with Gasteiger partial charge in [-0.25, -0.2) is 4.98 Å². The minimum atomic E-state index is 0.0336. The number of aliphatic hydroxyl groups is 1. The Hall–Kier alpha value is -1.13. The lowest BCUT2D eigenvalue weighted by molar-refractivity contribution is 0.180. The van der Waals surface area contributed by atoms with Gasteiger partial charge in [-0.2, -0.15) is 0 Å². The molecule has 2 rings (SSSR count). The Morgan fingerprint density at radius 2 is 2.06 bits per heavy atom. The maximum atomic E-state index is 9.12. The summed E-state index contributed by atoms with van der Waals surface area (Å²) >= 11 is 0. The van der Waals surface area contributed by atoms with Gasteiger partial charge in [-0.05, 0) is 44.5 Å². The summed E-state index contributed by atoms with van der Waals surface area (Å²) in [6, 6.07) is 3.68. The molecule has 1 aromatic rings. The molecule has 1 aliphatic rings. The third kappa shape index (κ3) is 3.96. The summed E-state index contributed by atoms with van der Waals surface area (Å²) in [6.07, 6.45) is 3.96. The Morgan fingerprint density at radius 3 is 2.78 bits per heavy atom. The van der Waals surface area contributed by atoms with Crippen LogP contribution >= 0.6 is 0 Å². The lowest BCUT2D eigenvalue weighted by atomic mass is 10.1. The predicted molar refractivity (Wildman–Crippen MR) is 70.7 cm³/mol. The van der Waals surface area contributed by atoms with Crippen LogP contribution in [0.15, 0.2) is 12.1 Å². The van der Waals surface area contributed by atoms with Crippen molar-refractivity contribution in [1.29, 1.82) is 0 Å². The Balaban J connectivity index is 1.80. The molecular weight excluding hydrogens is 228 g/mol. The van der Waals surface area contributed by atoms with Gasteiger partial charge >= 0.3 is 0 Å². The summed E-state index contributed by atoms with van der Waals surface area (Å²) in [4.78, 5) is 6.75. The van der Waals surface area contributed by atoms with Crippen molar-refractivity contribution in [3.05, 3.63) is 23.4 Å². The van der Waals surface area contributed by atoms with Crippen molar-refractivity contribution in [3.8, 4) is 5.88 Å². The molecule has 1 aliphatic heterocycles. The monoisotopic (exact) mass is 250 g/mol. The topological polar surface area (TPSA) is 45.6 Å². The van der Waals surface area contributed by atoms with Gasteiger partial charge in [0.1, 0.15) is 6.61 Å². The fraction of sp³-hybridized carbons (Fsp3) is 0.643. The fourth-order valence-electron chi connectivity index (χ4n) is 2.33. The lowest BCUT2D eigenvalue weighted by Crippen LogP contribution is -2.33. The number of pyridine rings is 1. The number of piperidine rings is 1. The molecular formula is C14H22N2O2. The second-order valence-electron chi connectivity index (χ2n) is 4.86. The average molecular weight is 250 g/mol. The number of likely N-dealkylation sites (tertiary alicyclic amines) is 1. The van der Waals surface area contributed by atoms with E-state index in [2.05, 4.69) is 9.88 Å². The van der Waals surface area contributed by atoms with Crippen molar-refractivity contribution in [3.63, 3.8) is 0 Å². The van der Waals surface area contributed by atoms with E-state index < -0.39 is 0 Å². The lowest BCUT2D eigenvalue weighted by Gasteiger charge is -2.26. The molecule has 1 saturated heterocycles. The summed E-state index contributed by atoms with van der Waals surface area (Å²) < 4.78 is 5.67. The van der Waals surface area contributed by atoms with Crippen LogP contribution in [0.1, 0.15) is 30.5 Å². The van der Waals surface area contributed by atoms with Crippen LogP contribution in [0.3, 0.4) is 0 Å². The Morgan fingerprint density at radius 1 is 1.28 bits per heavy atom. The van der Waals surface area contributed by atoms with Crippen LogP contribution < -0.4 is 4.74 Å². The zero-order valence-electron chi connectivity index (χ0n) is 11.1. The molecule has 18 heavy (non-hydrogen) atoms. The molecule has 100 valence electrons. The average Bonchev–Trinajstić information content (AvgIpc) is 2.39. The van der Waals surface area contributed by atoms with Crippen molar-refractivity contribution in [2.45, 2.75) is 32.8 Å². The number of hydrogen-bond donors (Lipinski definition) is 1. The van der Waals surface area contributed by atoms with Gasteiger partial charge in [0.05, 0.1) is 6.61 Å². The molecule has 0 aromatic carbocycles. The largest absolute Gasteiger partial charge is 0.476 e. The number of hydrogen-bond acceptors (Lipinski definition) is 4. The van der Waals surface area contributed by atoms with Gasteiger partial charge in [-0.3, -0.25) is 4.90 Å². The van der Waals surface area contributed by atoms with Gasteiger partial charge in [0.2, 0.25) is 5.88 Å². The normalized spacial score (nSPS) is 16.8. The summed E-state index contributed by atoms with van der Waals surface area (Å²) in [5.41, 5.74) is 1.74. The van der Waals surface area contributed by atoms with Crippen molar-refractivity contribution in [2.75, 3.05) is 26.2 Å². The van der Waals surface area contributed by atoms with Crippen molar-refractivity contribution in [1.82, 2.24) is 9.88 Å². The zero-order valence-corrected chi connectivity index (χ0v) is 11.1. The van der Waals surface area contributed by atoms with Gasteiger partial charge in [-0.15, -0.1) is 0 Å². The van der Waals surface area contributed by atoms with Gasteiger partial charge in [0, 0.05) is 18.3 Å². The minimum Gasteiger partial charge on any atom is -0.476 e. The van der Waals surface area contributed by atoms with E-state index in [1.54, 1.807) is 0 Å². The maximum absolute atomic E-state index is 9.12. The predicted octanol–water partition coefficient (Wildman–Crippen LogP) is 1.75. The van der Waals surface area contributed by atoms with Crippen LogP contribution in [0, 0.1) is 6.92 Å². The Kier molecular flexibility index (Phi) is 4.96. The van der Waals surface area contributed by atoms with Gasteiger partial charge < -0.3 is 9.84 Å². The van der Waals surface area contributed by atoms with Crippen LogP contribution in [-0.2, 0) is 6.61 Å². The number of ether oxygens (including phenoxy) is 1. The molecule has 4 heteroatoms. The first-order valence-electron chi connectivity index (χ1n) is 6.71. The number of rotatable bonds is 5. The minimum absolute atomic E-state index is 0.0336. The molecule has 1 N–H and O–H groups in total. The Labute approximate surface area is 109 Å². The molecule has 2 heterocycles. The molecule has 1 aromatic heterocycles. The second-order valence-corrected chi connectivity index (χ2v) is 4.86. The molecule has 0 spiro atoms. The molecule has 0 atom stereocenters. The van der Waals surface area contributed by atoms with Crippen molar-refractivity contribution >= 4 is 0 Å². The summed E-state index contributed by atoms with van der Waals surface area (Å²) in [5.74, 6) is 0.621. The second kappa shape index (κ2) is 6.71. The highest BCUT2D eigenvalue weighted by Crippen LogP contribution is 2.13. The SMILES string of the molecule is Cc1cc(CO)cc(OCCN2CCCCC2)n1. The molecule has 0 unspecified atom stereocenters. The van der Waals surface area contributed by atoms with E-state index in [-0.39, 0.29) is 6.61 Å². The number of aromatic nitrogens is 1. The number of aliphatic hydroxyl groups excluding tert-OH is 1. The van der Waals surface area contributed by atoms with Crippen LogP contribution in [0.25, 0.3) is 0 Å². The first kappa shape index (κ1) is 13.3. The first-order chi connectivity index (χ1) is 8.78. The van der Waals surface area contributed by atoms with E-state index in [1.807, 2.05) is 19.1 Å². The quantitative estimate of drug-likeness (QED) is 0.864. The van der Waals surface area contributed by atoms with Crippen LogP contribution in [0.5, 0.6) is 5.88 Å². The van der Waals surface area contributed by atoms with Gasteiger partial charge in [-0.1, -0.05) is 6.42 Å². The van der Waals surface area contributed by atoms with Crippen LogP contribution in [0.4, 0.5) is 0 Å². The summed E-state index contributed by atoms with van der Waals surface area (Å²) in [6.45, 7) is 5.95. The van der Waals surface area contributed by atoms with E-state index in [4.69, 9.17) is 9.84 Å². The number of nitrogens with zero attached hydrogens (tertiary/aromatic N) is 2. The summed E-state index contributed by atoms with van der Waals surface area (Å²) in [7, 11) is 0. The Bertz CT molecular complexity index is 376. The molecule has 0 amide bonds. The van der Waals surface area contributed by atoms with Gasteiger partial charge in [0.25, 0.3) is 0 Å². The zero-order chi connectivity index (χ0) is 12.8. The highest BCUT2D eigenvalue weighted by Gasteiger charge is 2.09. The summed E-state index contributed by atoms with van der Waals surface area (Å²) in [5, 5.41) is 9.12. The first-order valence-corrected chi connectivity index (χ1v) is 6.71. The highest BCUT2D eigenvalue weighted by molar-refractivity contribution is 5.23. The maximum Gasteiger partial charge on any atom is 0.213 e. The van der Waals surface area contributed by atoms with E-state index in [1.165, 1.54) is 32.4 Å². The number of aryl methyl sites for hydroxylation is 1. The van der Waals surface area contributed by atoms with Crippen LogP contribution in [0.2, 0.25) is 0 Å². The van der Waals surface area contributed by atoms with E-state index in [9.17, 15) is 0 Å². The standard InChI is InChI=1S/C14H22N2O2/c1-12-9-13(11-17)10-14(15-12)18-8-7-16-5-3-2-4-6-16/h9-10,17H,2-8,11H2,1H3. The van der Waals surface area contributed by atoms with E-state index >= 15 is 0 Å². The smallest absolute Gasteiger partial charge is 0.213 e. The van der Waals surface area contributed by atoms with Crippen molar-refractivity contribution in [2.24, 2.45) is 0 Å². The van der Waals surface area contributed by atoms with E-state index in [0.29, 0.717) is 12.5 Å². The molecule has 0 aliphatic carbocycles. The third-order valence-corrected chi connectivity index (χ3v) is 3.28. The van der Waals surface area contributed by atoms with Crippen molar-refractivity contribution < 1.29 is 9.84 Å². The van der Waals surface area contributed by atoms with E-state index in [0.717, 1.165) is 17.8 Å². The molecule has 0 bridgehead atoms. The highest BCUT2D eigenvalue weighted by atomic mass is 16.5. The van der Waals surface area contributed by atoms with Gasteiger partial charge in [0.15, 0.2) is 0 Å². The molecule has 0 radical (unpaired) electrons. The fourth-order valence-corrected chi connectivity index (χ4v) is 2.33. The molecule has 1 fully saturated rings. The third-order valence-electron chi connectivity index (χ3n) is 3.28.